The molecule has 2 heterocycles. The number of anilines is 2. The first-order valence-electron chi connectivity index (χ1n) is 6.63. The van der Waals surface area contributed by atoms with Gasteiger partial charge in [0.05, 0.1) is 36.7 Å². The zero-order valence-corrected chi connectivity index (χ0v) is 15.1. The minimum Gasteiger partial charge on any atom is -0.493 e. The normalized spacial score (nSPS) is 10.6. The lowest BCUT2D eigenvalue weighted by molar-refractivity contribution is 0.324. The number of hydrogen-bond acceptors (Lipinski definition) is 7. The van der Waals surface area contributed by atoms with Crippen molar-refractivity contribution in [3.63, 3.8) is 0 Å². The summed E-state index contributed by atoms with van der Waals surface area (Å²) in [5.41, 5.74) is 1.62. The average molecular weight is 396 g/mol. The predicted molar refractivity (Wildman–Crippen MR) is 94.5 cm³/mol. The van der Waals surface area contributed by atoms with Crippen molar-refractivity contribution < 1.29 is 14.2 Å². The highest BCUT2D eigenvalue weighted by Gasteiger charge is 2.14. The molecule has 3 aromatic rings. The summed E-state index contributed by atoms with van der Waals surface area (Å²) in [5.74, 6) is 2.16. The lowest BCUT2D eigenvalue weighted by Crippen LogP contribution is -2.00. The van der Waals surface area contributed by atoms with Crippen LogP contribution >= 0.6 is 27.3 Å². The Bertz CT molecular complexity index is 828. The van der Waals surface area contributed by atoms with Crippen LogP contribution in [0.3, 0.4) is 0 Å². The fraction of sp³-hybridized carbons (Fsp3) is 0.200. The summed E-state index contributed by atoms with van der Waals surface area (Å²) in [4.78, 5) is 8.84. The minimum atomic E-state index is 0.492. The molecule has 0 aliphatic carbocycles. The standard InChI is InChI=1S/C15H14BrN3O3S/c1-20-10-4-8(5-11(21-2)14(10)22-3)18-15-17-6-12-13(19-15)9(16)7-23-12/h4-7H,1-3H3,(H,17,18,19). The largest absolute Gasteiger partial charge is 0.493 e. The molecule has 23 heavy (non-hydrogen) atoms. The van der Waals surface area contributed by atoms with Gasteiger partial charge < -0.3 is 19.5 Å². The third kappa shape index (κ3) is 3.04. The fourth-order valence-corrected chi connectivity index (χ4v) is 3.58. The molecule has 0 unspecified atom stereocenters. The van der Waals surface area contributed by atoms with E-state index in [2.05, 4.69) is 31.2 Å². The maximum absolute atomic E-state index is 5.34. The minimum absolute atomic E-state index is 0.492. The van der Waals surface area contributed by atoms with E-state index in [0.717, 1.165) is 20.4 Å². The molecule has 0 saturated carbocycles. The number of hydrogen-bond donors (Lipinski definition) is 1. The van der Waals surface area contributed by atoms with Crippen LogP contribution < -0.4 is 19.5 Å². The first-order chi connectivity index (χ1) is 11.2. The number of aromatic nitrogens is 2. The van der Waals surface area contributed by atoms with Crippen LogP contribution in [0.5, 0.6) is 17.2 Å². The SMILES string of the molecule is COc1cc(Nc2ncc3scc(Br)c3n2)cc(OC)c1OC. The lowest BCUT2D eigenvalue weighted by atomic mass is 10.2. The highest BCUT2D eigenvalue weighted by atomic mass is 79.9. The van der Waals surface area contributed by atoms with E-state index >= 15 is 0 Å². The Kier molecular flexibility index (Phi) is 4.53. The van der Waals surface area contributed by atoms with Gasteiger partial charge in [-0.25, -0.2) is 9.97 Å². The molecular weight excluding hydrogens is 382 g/mol. The van der Waals surface area contributed by atoms with Crippen LogP contribution in [0.4, 0.5) is 11.6 Å². The van der Waals surface area contributed by atoms with Crippen LogP contribution in [-0.4, -0.2) is 31.3 Å². The number of halogens is 1. The predicted octanol–water partition coefficient (Wildman–Crippen LogP) is 4.22. The first kappa shape index (κ1) is 15.8. The molecule has 8 heteroatoms. The van der Waals surface area contributed by atoms with Gasteiger partial charge in [-0.2, -0.15) is 0 Å². The van der Waals surface area contributed by atoms with E-state index in [9.17, 15) is 0 Å². The summed E-state index contributed by atoms with van der Waals surface area (Å²) in [6, 6.07) is 3.61. The third-order valence-corrected chi connectivity index (χ3v) is 5.01. The number of thiophene rings is 1. The van der Waals surface area contributed by atoms with E-state index in [-0.39, 0.29) is 0 Å². The number of methoxy groups -OCH3 is 3. The van der Waals surface area contributed by atoms with Gasteiger partial charge in [0.25, 0.3) is 0 Å². The molecule has 0 aliphatic heterocycles. The van der Waals surface area contributed by atoms with E-state index in [0.29, 0.717) is 23.2 Å². The smallest absolute Gasteiger partial charge is 0.227 e. The summed E-state index contributed by atoms with van der Waals surface area (Å²) < 4.78 is 18.0. The van der Waals surface area contributed by atoms with Gasteiger partial charge >= 0.3 is 0 Å². The van der Waals surface area contributed by atoms with Gasteiger partial charge in [0, 0.05) is 23.2 Å². The van der Waals surface area contributed by atoms with Crippen LogP contribution in [0.1, 0.15) is 0 Å². The topological polar surface area (TPSA) is 65.5 Å². The molecule has 0 radical (unpaired) electrons. The zero-order chi connectivity index (χ0) is 16.4. The van der Waals surface area contributed by atoms with Gasteiger partial charge in [-0.1, -0.05) is 0 Å². The molecule has 3 rings (SSSR count). The van der Waals surface area contributed by atoms with Crippen molar-refractivity contribution >= 4 is 49.1 Å². The van der Waals surface area contributed by atoms with Gasteiger partial charge in [0.15, 0.2) is 11.5 Å². The quantitative estimate of drug-likeness (QED) is 0.697. The second-order valence-electron chi connectivity index (χ2n) is 4.53. The highest BCUT2D eigenvalue weighted by molar-refractivity contribution is 9.10. The van der Waals surface area contributed by atoms with Gasteiger partial charge in [0.2, 0.25) is 11.7 Å². The molecule has 120 valence electrons. The number of rotatable bonds is 5. The number of nitrogens with one attached hydrogen (secondary N) is 1. The van der Waals surface area contributed by atoms with Crippen molar-refractivity contribution in [3.8, 4) is 17.2 Å². The molecule has 1 N–H and O–H groups in total. The lowest BCUT2D eigenvalue weighted by Gasteiger charge is -2.14. The Hall–Kier alpha value is -2.06. The first-order valence-corrected chi connectivity index (χ1v) is 8.30. The monoisotopic (exact) mass is 395 g/mol. The Morgan fingerprint density at radius 2 is 1.78 bits per heavy atom. The maximum Gasteiger partial charge on any atom is 0.227 e. The summed E-state index contributed by atoms with van der Waals surface area (Å²) in [7, 11) is 4.72. The van der Waals surface area contributed by atoms with Crippen molar-refractivity contribution in [2.45, 2.75) is 0 Å². The van der Waals surface area contributed by atoms with E-state index in [4.69, 9.17) is 14.2 Å². The van der Waals surface area contributed by atoms with Gasteiger partial charge in [-0.15, -0.1) is 11.3 Å². The Labute approximate surface area is 145 Å². The van der Waals surface area contributed by atoms with Crippen LogP contribution in [0, 0.1) is 0 Å². The molecular formula is C15H14BrN3O3S. The number of nitrogens with zero attached hydrogens (tertiary/aromatic N) is 2. The molecule has 1 aromatic carbocycles. The molecule has 0 saturated heterocycles. The number of benzene rings is 1. The molecule has 0 bridgehead atoms. The van der Waals surface area contributed by atoms with Crippen molar-refractivity contribution in [1.82, 2.24) is 9.97 Å². The van der Waals surface area contributed by atoms with E-state index < -0.39 is 0 Å². The van der Waals surface area contributed by atoms with E-state index in [1.54, 1.807) is 51.0 Å². The number of fused-ring (bicyclic) bond motifs is 1. The van der Waals surface area contributed by atoms with Gasteiger partial charge in [0.1, 0.15) is 5.52 Å². The molecule has 0 atom stereocenters. The molecule has 0 amide bonds. The van der Waals surface area contributed by atoms with Crippen molar-refractivity contribution in [3.05, 3.63) is 28.2 Å². The molecule has 2 aromatic heterocycles. The Morgan fingerprint density at radius 1 is 1.09 bits per heavy atom. The van der Waals surface area contributed by atoms with Crippen LogP contribution in [0.15, 0.2) is 28.2 Å². The van der Waals surface area contributed by atoms with Crippen molar-refractivity contribution in [1.29, 1.82) is 0 Å². The molecule has 0 aliphatic rings. The van der Waals surface area contributed by atoms with Gasteiger partial charge in [-0.05, 0) is 15.9 Å². The summed E-state index contributed by atoms with van der Waals surface area (Å²) in [6.45, 7) is 0. The molecule has 0 spiro atoms. The van der Waals surface area contributed by atoms with Crippen LogP contribution in [0.25, 0.3) is 10.2 Å². The average Bonchev–Trinajstić information content (AvgIpc) is 2.94. The zero-order valence-electron chi connectivity index (χ0n) is 12.7. The van der Waals surface area contributed by atoms with Crippen LogP contribution in [0.2, 0.25) is 0 Å². The molecule has 0 fully saturated rings. The number of ether oxygens (including phenoxy) is 3. The van der Waals surface area contributed by atoms with Crippen molar-refractivity contribution in [2.75, 3.05) is 26.6 Å². The summed E-state index contributed by atoms with van der Waals surface area (Å²) in [6.07, 6.45) is 1.79. The Morgan fingerprint density at radius 3 is 2.39 bits per heavy atom. The van der Waals surface area contributed by atoms with E-state index in [1.165, 1.54) is 0 Å². The maximum atomic E-state index is 5.34. The van der Waals surface area contributed by atoms with Crippen molar-refractivity contribution in [2.24, 2.45) is 0 Å². The second kappa shape index (κ2) is 6.59. The highest BCUT2D eigenvalue weighted by Crippen LogP contribution is 2.40. The van der Waals surface area contributed by atoms with E-state index in [1.807, 2.05) is 5.38 Å². The van der Waals surface area contributed by atoms with Gasteiger partial charge in [-0.3, -0.25) is 0 Å². The summed E-state index contributed by atoms with van der Waals surface area (Å²) >= 11 is 5.08. The Balaban J connectivity index is 1.99. The second-order valence-corrected chi connectivity index (χ2v) is 6.29. The molecule has 6 nitrogen and oxygen atoms in total. The third-order valence-electron chi connectivity index (χ3n) is 3.19. The van der Waals surface area contributed by atoms with Crippen LogP contribution in [-0.2, 0) is 0 Å². The fourth-order valence-electron chi connectivity index (χ4n) is 2.14. The summed E-state index contributed by atoms with van der Waals surface area (Å²) in [5, 5.41) is 5.15.